The molecule has 3 rings (SSSR count). The monoisotopic (exact) mass is 567 g/mol. The molecule has 14 heteroatoms. The maximum Gasteiger partial charge on any atom is 0.552 e. The van der Waals surface area contributed by atoms with Gasteiger partial charge in [-0.3, -0.25) is 29.0 Å². The Bertz CT molecular complexity index is 1240. The highest BCUT2D eigenvalue weighted by Crippen LogP contribution is 2.31. The van der Waals surface area contributed by atoms with Crippen LogP contribution in [0.3, 0.4) is 0 Å². The van der Waals surface area contributed by atoms with Gasteiger partial charge in [-0.15, -0.1) is 0 Å². The molecule has 3 N–H and O–H groups in total. The molecule has 218 valence electrons. The highest BCUT2D eigenvalue weighted by molar-refractivity contribution is 6.50. The Kier molecular flexibility index (Phi) is 10.5. The van der Waals surface area contributed by atoms with E-state index in [0.29, 0.717) is 0 Å². The number of benzene rings is 1. The van der Waals surface area contributed by atoms with Gasteiger partial charge in [0.2, 0.25) is 5.91 Å². The van der Waals surface area contributed by atoms with Gasteiger partial charge >= 0.3 is 13.1 Å². The molecule has 0 spiro atoms. The van der Waals surface area contributed by atoms with Gasteiger partial charge in [-0.2, -0.15) is 0 Å². The number of nitrogens with one attached hydrogen (secondary N) is 2. The van der Waals surface area contributed by atoms with Gasteiger partial charge in [-0.05, 0) is 17.9 Å². The fourth-order valence-corrected chi connectivity index (χ4v) is 4.55. The second-order valence-corrected chi connectivity index (χ2v) is 10.5. The van der Waals surface area contributed by atoms with Gasteiger partial charge in [0.05, 0.1) is 25.0 Å². The largest absolute Gasteiger partial charge is 0.552 e. The van der Waals surface area contributed by atoms with Crippen LogP contribution in [0.1, 0.15) is 49.2 Å². The first-order valence-corrected chi connectivity index (χ1v) is 13.1. The van der Waals surface area contributed by atoms with Crippen LogP contribution in [0.15, 0.2) is 48.9 Å². The molecule has 2 aromatic rings. The fraction of sp³-hybridized carbons (Fsp3) is 0.444. The molecule has 1 aromatic heterocycles. The lowest BCUT2D eigenvalue weighted by atomic mass is 9.70. The third kappa shape index (κ3) is 8.58. The summed E-state index contributed by atoms with van der Waals surface area (Å²) in [6, 6.07) is 7.96. The minimum Gasteiger partial charge on any atom is -0.508 e. The molecule has 3 atom stereocenters. The van der Waals surface area contributed by atoms with Crippen molar-refractivity contribution >= 4 is 36.8 Å². The second kappa shape index (κ2) is 13.8. The number of likely N-dealkylation sites (N-methyl/N-ethyl adjacent to an activating group) is 1. The highest BCUT2D eigenvalue weighted by atomic mass is 16.6. The van der Waals surface area contributed by atoms with E-state index in [1.807, 2.05) is 19.9 Å². The first-order valence-electron chi connectivity index (χ1n) is 13.1. The standard InChI is InChI=1S/C27H34BN5O8/c1-17(2)12-21(28-40-23(36)15-27(41-28,14-22(34)35)26(39)33(3)4)32-24(37)19(13-18-8-6-5-7-9-18)31-25(38)20-16-29-10-11-30-20/h5-11,16-17,19,21H,12-15H2,1-4H3,(H,31,38)(H,32,37)(H,34,35)/t19-,21-,27-/m0/s1. The van der Waals surface area contributed by atoms with E-state index in [1.165, 1.54) is 32.7 Å². The van der Waals surface area contributed by atoms with Crippen LogP contribution in [-0.4, -0.2) is 88.4 Å². The molecular weight excluding hydrogens is 533 g/mol. The number of carboxylic acids is 1. The van der Waals surface area contributed by atoms with Crippen LogP contribution in [0.25, 0.3) is 0 Å². The summed E-state index contributed by atoms with van der Waals surface area (Å²) in [5.41, 5.74) is -1.23. The zero-order valence-electron chi connectivity index (χ0n) is 23.4. The number of carbonyl (C=O) groups excluding carboxylic acids is 4. The van der Waals surface area contributed by atoms with Crippen molar-refractivity contribution < 1.29 is 38.4 Å². The van der Waals surface area contributed by atoms with Gasteiger partial charge in [0.1, 0.15) is 11.7 Å². The first-order chi connectivity index (χ1) is 19.4. The lowest BCUT2D eigenvalue weighted by Crippen LogP contribution is -2.64. The van der Waals surface area contributed by atoms with Crippen LogP contribution in [-0.2, 0) is 34.9 Å². The molecule has 0 bridgehead atoms. The van der Waals surface area contributed by atoms with Crippen molar-refractivity contribution in [1.29, 1.82) is 0 Å². The van der Waals surface area contributed by atoms with E-state index in [-0.39, 0.29) is 24.5 Å². The number of rotatable bonds is 12. The van der Waals surface area contributed by atoms with Gasteiger partial charge < -0.3 is 29.9 Å². The molecule has 1 saturated heterocycles. The molecule has 2 heterocycles. The summed E-state index contributed by atoms with van der Waals surface area (Å²) in [5.74, 6) is -5.12. The van der Waals surface area contributed by atoms with Gasteiger partial charge in [-0.25, -0.2) is 4.98 Å². The van der Waals surface area contributed by atoms with Crippen molar-refractivity contribution in [2.24, 2.45) is 5.92 Å². The van der Waals surface area contributed by atoms with E-state index in [2.05, 4.69) is 20.6 Å². The summed E-state index contributed by atoms with van der Waals surface area (Å²) in [6.07, 6.45) is 3.04. The van der Waals surface area contributed by atoms with Crippen LogP contribution in [0.2, 0.25) is 0 Å². The molecule has 1 fully saturated rings. The van der Waals surface area contributed by atoms with Crippen LogP contribution in [0.4, 0.5) is 0 Å². The van der Waals surface area contributed by atoms with Crippen molar-refractivity contribution in [2.45, 2.75) is 57.1 Å². The Hall–Kier alpha value is -4.33. The SMILES string of the molecule is CC(C)C[C@H](NC(=O)[C@H](Cc1ccccc1)NC(=O)c1cnccn1)B1OC(=O)C[C@@](CC(=O)O)(C(=O)N(C)C)O1. The number of amides is 3. The molecule has 0 unspecified atom stereocenters. The molecule has 3 amide bonds. The number of aromatic nitrogens is 2. The van der Waals surface area contributed by atoms with E-state index in [1.54, 1.807) is 24.3 Å². The summed E-state index contributed by atoms with van der Waals surface area (Å²) in [7, 11) is 1.39. The molecule has 1 aromatic carbocycles. The highest BCUT2D eigenvalue weighted by Gasteiger charge is 2.55. The van der Waals surface area contributed by atoms with Gasteiger partial charge in [0, 0.05) is 32.9 Å². The molecule has 0 aliphatic carbocycles. The number of aliphatic carboxylic acids is 1. The smallest absolute Gasteiger partial charge is 0.508 e. The molecule has 13 nitrogen and oxygen atoms in total. The third-order valence-electron chi connectivity index (χ3n) is 6.33. The minimum absolute atomic E-state index is 0.0160. The predicted octanol–water partition coefficient (Wildman–Crippen LogP) is 0.641. The van der Waals surface area contributed by atoms with Crippen molar-refractivity contribution in [3.63, 3.8) is 0 Å². The van der Waals surface area contributed by atoms with E-state index >= 15 is 0 Å². The fourth-order valence-electron chi connectivity index (χ4n) is 4.55. The predicted molar refractivity (Wildman–Crippen MR) is 146 cm³/mol. The normalized spacial score (nSPS) is 18.2. The topological polar surface area (TPSA) is 177 Å². The van der Waals surface area contributed by atoms with E-state index in [9.17, 15) is 29.1 Å². The lowest BCUT2D eigenvalue weighted by molar-refractivity contribution is -0.169. The summed E-state index contributed by atoms with van der Waals surface area (Å²) >= 11 is 0. The number of carboxylic acid groups (broad SMARTS) is 1. The molecular formula is C27H34BN5O8. The van der Waals surface area contributed by atoms with Crippen LogP contribution >= 0.6 is 0 Å². The quantitative estimate of drug-likeness (QED) is 0.309. The van der Waals surface area contributed by atoms with Gasteiger partial charge in [-0.1, -0.05) is 44.2 Å². The summed E-state index contributed by atoms with van der Waals surface area (Å²) in [4.78, 5) is 73.1. The molecule has 1 aliphatic heterocycles. The molecule has 0 radical (unpaired) electrons. The summed E-state index contributed by atoms with van der Waals surface area (Å²) < 4.78 is 11.4. The first kappa shape index (κ1) is 31.2. The van der Waals surface area contributed by atoms with Gasteiger partial charge in [0.25, 0.3) is 17.8 Å². The van der Waals surface area contributed by atoms with Crippen molar-refractivity contribution in [3.8, 4) is 0 Å². The zero-order valence-corrected chi connectivity index (χ0v) is 23.4. The Morgan fingerprint density at radius 1 is 1.12 bits per heavy atom. The van der Waals surface area contributed by atoms with Crippen LogP contribution < -0.4 is 10.6 Å². The Morgan fingerprint density at radius 3 is 2.41 bits per heavy atom. The lowest BCUT2D eigenvalue weighted by Gasteiger charge is -2.40. The maximum absolute atomic E-state index is 13.7. The van der Waals surface area contributed by atoms with Crippen LogP contribution in [0, 0.1) is 5.92 Å². The summed E-state index contributed by atoms with van der Waals surface area (Å²) in [5, 5.41) is 15.0. The third-order valence-corrected chi connectivity index (χ3v) is 6.33. The molecule has 1 aliphatic rings. The number of carbonyl (C=O) groups is 5. The van der Waals surface area contributed by atoms with E-state index in [4.69, 9.17) is 9.31 Å². The minimum atomic E-state index is -2.01. The van der Waals surface area contributed by atoms with Crippen molar-refractivity contribution in [3.05, 3.63) is 60.2 Å². The van der Waals surface area contributed by atoms with Crippen molar-refractivity contribution in [1.82, 2.24) is 25.5 Å². The number of nitrogens with zero attached hydrogens (tertiary/aromatic N) is 3. The van der Waals surface area contributed by atoms with Crippen LogP contribution in [0.5, 0.6) is 0 Å². The Morgan fingerprint density at radius 2 is 1.83 bits per heavy atom. The average Bonchev–Trinajstić information content (AvgIpc) is 2.91. The second-order valence-electron chi connectivity index (χ2n) is 10.5. The number of hydrogen-bond acceptors (Lipinski definition) is 9. The molecule has 41 heavy (non-hydrogen) atoms. The van der Waals surface area contributed by atoms with Crippen molar-refractivity contribution in [2.75, 3.05) is 14.1 Å². The van der Waals surface area contributed by atoms with E-state index < -0.39 is 67.2 Å². The Balaban J connectivity index is 1.90. The van der Waals surface area contributed by atoms with Gasteiger partial charge in [0.15, 0.2) is 5.60 Å². The Labute approximate surface area is 238 Å². The maximum atomic E-state index is 13.7. The van der Waals surface area contributed by atoms with E-state index in [0.717, 1.165) is 10.5 Å². The zero-order chi connectivity index (χ0) is 30.2. The number of hydrogen-bond donors (Lipinski definition) is 3. The molecule has 0 saturated carbocycles. The summed E-state index contributed by atoms with van der Waals surface area (Å²) in [6.45, 7) is 3.74. The average molecular weight is 567 g/mol.